The number of thiol groups is 1. The van der Waals surface area contributed by atoms with E-state index in [1.165, 1.54) is 12.0 Å². The number of ether oxygens (including phenoxy) is 2. The van der Waals surface area contributed by atoms with Gasteiger partial charge in [0.2, 0.25) is 11.8 Å². The van der Waals surface area contributed by atoms with Crippen LogP contribution in [0.5, 0.6) is 0 Å². The average molecular weight is 538 g/mol. The van der Waals surface area contributed by atoms with Gasteiger partial charge in [-0.15, -0.1) is 0 Å². The van der Waals surface area contributed by atoms with Gasteiger partial charge < -0.3 is 25.0 Å². The van der Waals surface area contributed by atoms with Crippen LogP contribution < -0.4 is 10.6 Å². The van der Waals surface area contributed by atoms with Crippen LogP contribution >= 0.6 is 12.6 Å². The van der Waals surface area contributed by atoms with Crippen LogP contribution in [-0.2, 0) is 23.9 Å². The van der Waals surface area contributed by atoms with Crippen LogP contribution in [-0.4, -0.2) is 66.4 Å². The highest BCUT2D eigenvalue weighted by Crippen LogP contribution is 2.27. The van der Waals surface area contributed by atoms with Gasteiger partial charge in [-0.25, -0.2) is 4.79 Å². The van der Waals surface area contributed by atoms with Crippen molar-refractivity contribution in [2.45, 2.75) is 84.9 Å². The number of amides is 3. The molecule has 0 radical (unpaired) electrons. The van der Waals surface area contributed by atoms with Gasteiger partial charge in [0.05, 0.1) is 7.11 Å². The van der Waals surface area contributed by atoms with Crippen LogP contribution in [0, 0.1) is 13.8 Å². The summed E-state index contributed by atoms with van der Waals surface area (Å²) in [6, 6.07) is 3.58. The van der Waals surface area contributed by atoms with Crippen molar-refractivity contribution in [1.29, 1.82) is 0 Å². The van der Waals surface area contributed by atoms with Gasteiger partial charge in [-0.2, -0.15) is 12.6 Å². The molecular formula is C27H43N3O6S. The topological polar surface area (TPSA) is 114 Å². The second-order valence-corrected chi connectivity index (χ2v) is 10.4. The molecule has 0 aliphatic rings. The first kappa shape index (κ1) is 32.3. The van der Waals surface area contributed by atoms with Gasteiger partial charge in [0.15, 0.2) is 0 Å². The van der Waals surface area contributed by atoms with Crippen molar-refractivity contribution < 1.29 is 28.7 Å². The van der Waals surface area contributed by atoms with Crippen molar-refractivity contribution in [2.24, 2.45) is 0 Å². The van der Waals surface area contributed by atoms with Gasteiger partial charge in [-0.1, -0.05) is 49.9 Å². The third-order valence-electron chi connectivity index (χ3n) is 5.62. The molecule has 1 aromatic rings. The molecule has 0 bridgehead atoms. The third kappa shape index (κ3) is 11.0. The number of carbonyl (C=O) groups excluding carboxylic acids is 4. The summed E-state index contributed by atoms with van der Waals surface area (Å²) in [7, 11) is 1.24. The molecule has 0 saturated heterocycles. The first-order valence-corrected chi connectivity index (χ1v) is 13.3. The molecule has 9 nitrogen and oxygen atoms in total. The summed E-state index contributed by atoms with van der Waals surface area (Å²) < 4.78 is 9.99. The zero-order chi connectivity index (χ0) is 28.2. The van der Waals surface area contributed by atoms with Crippen LogP contribution in [0.3, 0.4) is 0 Å². The van der Waals surface area contributed by atoms with E-state index in [2.05, 4.69) is 34.9 Å². The monoisotopic (exact) mass is 537 g/mol. The summed E-state index contributed by atoms with van der Waals surface area (Å²) in [5.41, 5.74) is 1.72. The number of methoxy groups -OCH3 is 1. The number of alkyl carbamates (subject to hydrolysis) is 1. The van der Waals surface area contributed by atoms with Gasteiger partial charge in [-0.3, -0.25) is 14.4 Å². The molecule has 0 heterocycles. The predicted molar refractivity (Wildman–Crippen MR) is 147 cm³/mol. The van der Waals surface area contributed by atoms with Gasteiger partial charge in [0.1, 0.15) is 24.2 Å². The molecule has 0 fully saturated rings. The Hall–Kier alpha value is -2.75. The summed E-state index contributed by atoms with van der Waals surface area (Å²) in [6.45, 7) is 11.0. The smallest absolute Gasteiger partial charge is 0.408 e. The molecule has 10 heteroatoms. The SMILES string of the molecule is CCCCCCN(C(=O)C(CS)NC(=O)OC(C)(C)C)C(C(=O)NCC(=O)OC)c1ccc(C)cc1C. The van der Waals surface area contributed by atoms with Crippen molar-refractivity contribution in [3.05, 3.63) is 34.9 Å². The maximum Gasteiger partial charge on any atom is 0.408 e. The Morgan fingerprint density at radius 3 is 2.30 bits per heavy atom. The molecule has 2 atom stereocenters. The summed E-state index contributed by atoms with van der Waals surface area (Å²) in [6.07, 6.45) is 2.78. The van der Waals surface area contributed by atoms with Crippen LogP contribution in [0.4, 0.5) is 4.79 Å². The van der Waals surface area contributed by atoms with Gasteiger partial charge in [-0.05, 0) is 52.2 Å². The maximum atomic E-state index is 13.9. The minimum Gasteiger partial charge on any atom is -0.468 e. The Kier molecular flexibility index (Phi) is 13.5. The number of hydrogen-bond acceptors (Lipinski definition) is 7. The second-order valence-electron chi connectivity index (χ2n) is 10.0. The Bertz CT molecular complexity index is 931. The van der Waals surface area contributed by atoms with E-state index in [0.717, 1.165) is 30.4 Å². The minimum absolute atomic E-state index is 0.00686. The van der Waals surface area contributed by atoms with E-state index in [4.69, 9.17) is 4.74 Å². The molecule has 208 valence electrons. The van der Waals surface area contributed by atoms with Crippen molar-refractivity contribution in [1.82, 2.24) is 15.5 Å². The lowest BCUT2D eigenvalue weighted by molar-refractivity contribution is -0.144. The van der Waals surface area contributed by atoms with E-state index in [0.29, 0.717) is 12.0 Å². The van der Waals surface area contributed by atoms with Crippen molar-refractivity contribution in [3.8, 4) is 0 Å². The first-order chi connectivity index (χ1) is 17.3. The number of rotatable bonds is 13. The lowest BCUT2D eigenvalue weighted by atomic mass is 9.96. The zero-order valence-electron chi connectivity index (χ0n) is 23.2. The largest absolute Gasteiger partial charge is 0.468 e. The maximum absolute atomic E-state index is 13.9. The molecule has 0 aliphatic heterocycles. The second kappa shape index (κ2) is 15.5. The van der Waals surface area contributed by atoms with Crippen LogP contribution in [0.2, 0.25) is 0 Å². The fourth-order valence-corrected chi connectivity index (χ4v) is 4.07. The molecule has 0 aliphatic carbocycles. The zero-order valence-corrected chi connectivity index (χ0v) is 24.1. The molecule has 1 rings (SSSR count). The number of aryl methyl sites for hydroxylation is 2. The van der Waals surface area contributed by atoms with Gasteiger partial charge in [0.25, 0.3) is 0 Å². The molecule has 0 saturated carbocycles. The summed E-state index contributed by atoms with van der Waals surface area (Å²) in [5, 5.41) is 5.20. The number of benzene rings is 1. The Balaban J connectivity index is 3.45. The third-order valence-corrected chi connectivity index (χ3v) is 5.99. The highest BCUT2D eigenvalue weighted by molar-refractivity contribution is 7.80. The lowest BCUT2D eigenvalue weighted by Gasteiger charge is -2.35. The van der Waals surface area contributed by atoms with Crippen molar-refractivity contribution in [3.63, 3.8) is 0 Å². The van der Waals surface area contributed by atoms with E-state index in [1.807, 2.05) is 32.0 Å². The molecule has 37 heavy (non-hydrogen) atoms. The molecule has 2 N–H and O–H groups in total. The summed E-state index contributed by atoms with van der Waals surface area (Å²) >= 11 is 4.30. The molecule has 1 aromatic carbocycles. The van der Waals surface area contributed by atoms with Gasteiger partial charge in [0, 0.05) is 12.3 Å². The Morgan fingerprint density at radius 1 is 1.08 bits per heavy atom. The number of nitrogens with one attached hydrogen (secondary N) is 2. The summed E-state index contributed by atoms with van der Waals surface area (Å²) in [4.78, 5) is 53.0. The standard InChI is InChI=1S/C27H43N3O6S/c1-8-9-10-11-14-30(25(33)21(17-37)29-26(34)36-27(4,5)6)23(24(32)28-16-22(31)35-7)20-13-12-18(2)15-19(20)3/h12-13,15,21,23,37H,8-11,14,16-17H2,1-7H3,(H,28,32)(H,29,34). The molecule has 2 unspecified atom stereocenters. The van der Waals surface area contributed by atoms with Gasteiger partial charge >= 0.3 is 12.1 Å². The minimum atomic E-state index is -1.03. The van der Waals surface area contributed by atoms with Crippen molar-refractivity contribution >= 4 is 36.5 Å². The van der Waals surface area contributed by atoms with E-state index in [-0.39, 0.29) is 18.8 Å². The van der Waals surface area contributed by atoms with E-state index in [9.17, 15) is 19.2 Å². The molecule has 0 aromatic heterocycles. The fourth-order valence-electron chi connectivity index (χ4n) is 3.82. The molecule has 0 spiro atoms. The summed E-state index contributed by atoms with van der Waals surface area (Å²) in [5.74, 6) is -1.58. The number of carbonyl (C=O) groups is 4. The van der Waals surface area contributed by atoms with E-state index >= 15 is 0 Å². The van der Waals surface area contributed by atoms with Crippen molar-refractivity contribution in [2.75, 3.05) is 26.0 Å². The highest BCUT2D eigenvalue weighted by atomic mass is 32.1. The quantitative estimate of drug-likeness (QED) is 0.200. The lowest BCUT2D eigenvalue weighted by Crippen LogP contribution is -2.54. The normalized spacial score (nSPS) is 12.8. The molecule has 3 amide bonds. The first-order valence-electron chi connectivity index (χ1n) is 12.7. The predicted octanol–water partition coefficient (Wildman–Crippen LogP) is 3.87. The fraction of sp³-hybridized carbons (Fsp3) is 0.630. The number of nitrogens with zero attached hydrogens (tertiary/aromatic N) is 1. The Labute approximate surface area is 226 Å². The highest BCUT2D eigenvalue weighted by Gasteiger charge is 2.36. The number of hydrogen-bond donors (Lipinski definition) is 3. The number of unbranched alkanes of at least 4 members (excludes halogenated alkanes) is 3. The number of esters is 1. The van der Waals surface area contributed by atoms with Crippen LogP contribution in [0.25, 0.3) is 0 Å². The average Bonchev–Trinajstić information content (AvgIpc) is 2.82. The molecular weight excluding hydrogens is 494 g/mol. The van der Waals surface area contributed by atoms with E-state index in [1.54, 1.807) is 20.8 Å². The van der Waals surface area contributed by atoms with Crippen LogP contribution in [0.15, 0.2) is 18.2 Å². The Morgan fingerprint density at radius 2 is 1.76 bits per heavy atom. The van der Waals surface area contributed by atoms with E-state index < -0.39 is 41.6 Å². The van der Waals surface area contributed by atoms with Crippen LogP contribution in [0.1, 0.15) is 76.1 Å².